The van der Waals surface area contributed by atoms with Crippen molar-refractivity contribution in [3.8, 4) is 0 Å². The number of hydrogen-bond acceptors (Lipinski definition) is 3. The van der Waals surface area contributed by atoms with Gasteiger partial charge in [0.25, 0.3) is 5.91 Å². The molecule has 2 saturated carbocycles. The SMILES string of the molecule is O=C(NCC1(c2ccccc2)CCCC1)C1CC12CCN(C(=O)c1cnc[nH]1)CC2. The van der Waals surface area contributed by atoms with Crippen LogP contribution >= 0.6 is 0 Å². The molecule has 2 N–H and O–H groups in total. The van der Waals surface area contributed by atoms with Crippen LogP contribution < -0.4 is 5.32 Å². The van der Waals surface area contributed by atoms with E-state index in [0.29, 0.717) is 5.69 Å². The van der Waals surface area contributed by atoms with Crippen LogP contribution in [-0.2, 0) is 10.2 Å². The molecule has 1 aromatic carbocycles. The highest BCUT2D eigenvalue weighted by molar-refractivity contribution is 5.92. The lowest BCUT2D eigenvalue weighted by molar-refractivity contribution is -0.123. The number of H-pyrrole nitrogens is 1. The molecule has 1 unspecified atom stereocenters. The van der Waals surface area contributed by atoms with E-state index in [1.165, 1.54) is 24.7 Å². The summed E-state index contributed by atoms with van der Waals surface area (Å²) in [7, 11) is 0. The number of nitrogens with one attached hydrogen (secondary N) is 2. The second-order valence-corrected chi connectivity index (χ2v) is 9.45. The summed E-state index contributed by atoms with van der Waals surface area (Å²) in [5.41, 5.74) is 2.10. The number of aromatic amines is 1. The number of nitrogens with zero attached hydrogens (tertiary/aromatic N) is 2. The Bertz CT molecular complexity index is 895. The summed E-state index contributed by atoms with van der Waals surface area (Å²) in [5.74, 6) is 0.330. The summed E-state index contributed by atoms with van der Waals surface area (Å²) in [6, 6.07) is 10.7. The van der Waals surface area contributed by atoms with Crippen LogP contribution in [0, 0.1) is 11.3 Å². The molecule has 6 nitrogen and oxygen atoms in total. The molecule has 1 aliphatic heterocycles. The summed E-state index contributed by atoms with van der Waals surface area (Å²) in [6.45, 7) is 2.18. The minimum Gasteiger partial charge on any atom is -0.355 e. The largest absolute Gasteiger partial charge is 0.355 e. The lowest BCUT2D eigenvalue weighted by Crippen LogP contribution is -2.42. The van der Waals surface area contributed by atoms with E-state index < -0.39 is 0 Å². The van der Waals surface area contributed by atoms with Crippen molar-refractivity contribution in [2.45, 2.75) is 50.4 Å². The first-order valence-electron chi connectivity index (χ1n) is 11.2. The zero-order valence-corrected chi connectivity index (χ0v) is 17.4. The normalized spacial score (nSPS) is 24.0. The number of carbonyl (C=O) groups is 2. The first-order chi connectivity index (χ1) is 14.6. The highest BCUT2D eigenvalue weighted by Crippen LogP contribution is 2.59. The number of rotatable bonds is 5. The van der Waals surface area contributed by atoms with Gasteiger partial charge in [-0.2, -0.15) is 0 Å². The summed E-state index contributed by atoms with van der Waals surface area (Å²) < 4.78 is 0. The van der Waals surface area contributed by atoms with E-state index in [0.717, 1.165) is 51.7 Å². The van der Waals surface area contributed by atoms with Gasteiger partial charge >= 0.3 is 0 Å². The number of aromatic nitrogens is 2. The molecule has 1 atom stereocenters. The van der Waals surface area contributed by atoms with Gasteiger partial charge in [0.05, 0.1) is 12.5 Å². The molecule has 3 aliphatic rings. The molecule has 1 aromatic heterocycles. The second-order valence-electron chi connectivity index (χ2n) is 9.45. The Balaban J connectivity index is 1.16. The fourth-order valence-electron chi connectivity index (χ4n) is 5.76. The first kappa shape index (κ1) is 19.3. The average Bonchev–Trinajstić information content (AvgIpc) is 3.19. The monoisotopic (exact) mass is 406 g/mol. The van der Waals surface area contributed by atoms with Crippen LogP contribution in [-0.4, -0.2) is 46.3 Å². The number of benzene rings is 1. The molecule has 5 rings (SSSR count). The number of imidazole rings is 1. The van der Waals surface area contributed by atoms with E-state index in [1.54, 1.807) is 6.20 Å². The van der Waals surface area contributed by atoms with Gasteiger partial charge in [0.15, 0.2) is 0 Å². The Labute approximate surface area is 177 Å². The third-order valence-electron chi connectivity index (χ3n) is 7.83. The molecular formula is C24H30N4O2. The smallest absolute Gasteiger partial charge is 0.271 e. The molecule has 2 aromatic rings. The van der Waals surface area contributed by atoms with Crippen LogP contribution in [0.3, 0.4) is 0 Å². The molecule has 1 spiro atoms. The third-order valence-corrected chi connectivity index (χ3v) is 7.83. The molecule has 2 aliphatic carbocycles. The fraction of sp³-hybridized carbons (Fsp3) is 0.542. The molecule has 6 heteroatoms. The number of carbonyl (C=O) groups excluding carboxylic acids is 2. The van der Waals surface area contributed by atoms with Crippen molar-refractivity contribution in [3.63, 3.8) is 0 Å². The zero-order valence-electron chi connectivity index (χ0n) is 17.4. The minimum atomic E-state index is 0.00929. The summed E-state index contributed by atoms with van der Waals surface area (Å²) in [5, 5.41) is 3.32. The maximum atomic E-state index is 13.0. The van der Waals surface area contributed by atoms with Gasteiger partial charge in [-0.15, -0.1) is 0 Å². The van der Waals surface area contributed by atoms with Gasteiger partial charge in [-0.05, 0) is 43.1 Å². The van der Waals surface area contributed by atoms with E-state index in [1.807, 2.05) is 4.90 Å². The molecule has 2 heterocycles. The molecule has 0 bridgehead atoms. The van der Waals surface area contributed by atoms with Gasteiger partial charge in [0.2, 0.25) is 5.91 Å². The molecule has 2 amide bonds. The van der Waals surface area contributed by atoms with Gasteiger partial charge in [-0.25, -0.2) is 4.98 Å². The molecule has 1 saturated heterocycles. The Kier molecular flexibility index (Phi) is 4.88. The highest BCUT2D eigenvalue weighted by atomic mass is 16.2. The highest BCUT2D eigenvalue weighted by Gasteiger charge is 2.58. The van der Waals surface area contributed by atoms with E-state index in [-0.39, 0.29) is 28.6 Å². The van der Waals surface area contributed by atoms with E-state index in [4.69, 9.17) is 0 Å². The van der Waals surface area contributed by atoms with Crippen molar-refractivity contribution >= 4 is 11.8 Å². The molecular weight excluding hydrogens is 376 g/mol. The number of piperidine rings is 1. The third kappa shape index (κ3) is 3.42. The average molecular weight is 407 g/mol. The van der Waals surface area contributed by atoms with Crippen molar-refractivity contribution in [3.05, 3.63) is 54.1 Å². The van der Waals surface area contributed by atoms with Crippen LogP contribution in [0.25, 0.3) is 0 Å². The quantitative estimate of drug-likeness (QED) is 0.800. The maximum Gasteiger partial charge on any atom is 0.271 e. The van der Waals surface area contributed by atoms with Crippen LogP contribution in [0.2, 0.25) is 0 Å². The number of hydrogen-bond donors (Lipinski definition) is 2. The van der Waals surface area contributed by atoms with Crippen molar-refractivity contribution in [2.24, 2.45) is 11.3 Å². The van der Waals surface area contributed by atoms with Crippen molar-refractivity contribution in [1.82, 2.24) is 20.2 Å². The van der Waals surface area contributed by atoms with Gasteiger partial charge in [0.1, 0.15) is 5.69 Å². The predicted molar refractivity (Wildman–Crippen MR) is 114 cm³/mol. The lowest BCUT2D eigenvalue weighted by atomic mass is 9.78. The molecule has 0 radical (unpaired) electrons. The Morgan fingerprint density at radius 3 is 2.50 bits per heavy atom. The van der Waals surface area contributed by atoms with Gasteiger partial charge in [-0.3, -0.25) is 9.59 Å². The van der Waals surface area contributed by atoms with E-state index in [2.05, 4.69) is 45.6 Å². The number of amides is 2. The summed E-state index contributed by atoms with van der Waals surface area (Å²) in [6.07, 6.45) is 10.7. The van der Waals surface area contributed by atoms with Crippen molar-refractivity contribution in [2.75, 3.05) is 19.6 Å². The molecule has 3 fully saturated rings. The fourth-order valence-corrected chi connectivity index (χ4v) is 5.76. The van der Waals surface area contributed by atoms with Crippen molar-refractivity contribution in [1.29, 1.82) is 0 Å². The van der Waals surface area contributed by atoms with Gasteiger partial charge in [0, 0.05) is 31.0 Å². The Morgan fingerprint density at radius 2 is 1.83 bits per heavy atom. The second kappa shape index (κ2) is 7.56. The maximum absolute atomic E-state index is 13.0. The van der Waals surface area contributed by atoms with Crippen LogP contribution in [0.1, 0.15) is 61.0 Å². The standard InChI is InChI=1S/C24H30N4O2/c29-21(26-16-24(8-4-5-9-24)18-6-2-1-3-7-18)19-14-23(19)10-12-28(13-11-23)22(30)20-15-25-17-27-20/h1-3,6-7,15,17,19H,4-5,8-14,16H2,(H,25,27)(H,26,29). The zero-order chi connectivity index (χ0) is 20.6. The van der Waals surface area contributed by atoms with Crippen LogP contribution in [0.4, 0.5) is 0 Å². The van der Waals surface area contributed by atoms with Gasteiger partial charge in [-0.1, -0.05) is 43.2 Å². The van der Waals surface area contributed by atoms with Crippen molar-refractivity contribution < 1.29 is 9.59 Å². The van der Waals surface area contributed by atoms with E-state index >= 15 is 0 Å². The topological polar surface area (TPSA) is 78.1 Å². The Morgan fingerprint density at radius 1 is 1.10 bits per heavy atom. The Hall–Kier alpha value is -2.63. The minimum absolute atomic E-state index is 0.00929. The first-order valence-corrected chi connectivity index (χ1v) is 11.2. The lowest BCUT2D eigenvalue weighted by Gasteiger charge is -2.33. The molecule has 30 heavy (non-hydrogen) atoms. The number of likely N-dealkylation sites (tertiary alicyclic amines) is 1. The summed E-state index contributed by atoms with van der Waals surface area (Å²) in [4.78, 5) is 34.2. The van der Waals surface area contributed by atoms with Crippen LogP contribution in [0.5, 0.6) is 0 Å². The van der Waals surface area contributed by atoms with Gasteiger partial charge < -0.3 is 15.2 Å². The van der Waals surface area contributed by atoms with E-state index in [9.17, 15) is 9.59 Å². The molecule has 158 valence electrons. The van der Waals surface area contributed by atoms with Crippen LogP contribution in [0.15, 0.2) is 42.9 Å². The summed E-state index contributed by atoms with van der Waals surface area (Å²) >= 11 is 0. The predicted octanol–water partition coefficient (Wildman–Crippen LogP) is 3.28.